The van der Waals surface area contributed by atoms with Gasteiger partial charge in [0, 0.05) is 7.05 Å². The molecule has 0 unspecified atom stereocenters. The molecular formula is C28H43NO5Si. The molecule has 0 saturated carbocycles. The van der Waals surface area contributed by atoms with Crippen LogP contribution in [-0.2, 0) is 4.79 Å². The molecule has 2 aromatic rings. The first-order valence-corrected chi connectivity index (χ1v) is 15.1. The fourth-order valence-electron chi connectivity index (χ4n) is 3.75. The Morgan fingerprint density at radius 2 is 1.54 bits per heavy atom. The predicted molar refractivity (Wildman–Crippen MR) is 144 cm³/mol. The van der Waals surface area contributed by atoms with Gasteiger partial charge in [-0.1, -0.05) is 58.0 Å². The van der Waals surface area contributed by atoms with E-state index in [0.29, 0.717) is 23.7 Å². The first kappa shape index (κ1) is 28.7. The highest BCUT2D eigenvalue weighted by atomic mass is 28.4. The smallest absolute Gasteiger partial charge is 0.250 e. The van der Waals surface area contributed by atoms with E-state index in [9.17, 15) is 9.90 Å². The van der Waals surface area contributed by atoms with Crippen molar-refractivity contribution in [2.45, 2.75) is 77.2 Å². The Morgan fingerprint density at radius 1 is 1.03 bits per heavy atom. The molecule has 0 aliphatic carbocycles. The Kier molecular flexibility index (Phi) is 9.42. The first-order valence-electron chi connectivity index (χ1n) is 12.2. The molecule has 0 heterocycles. The maximum absolute atomic E-state index is 13.6. The molecule has 194 valence electrons. The zero-order valence-electron chi connectivity index (χ0n) is 23.0. The van der Waals surface area contributed by atoms with Gasteiger partial charge in [0.1, 0.15) is 0 Å². The average molecular weight is 502 g/mol. The molecule has 0 radical (unpaired) electrons. The first-order chi connectivity index (χ1) is 16.3. The molecule has 6 nitrogen and oxygen atoms in total. The number of carbonyl (C=O) groups excluding carboxylic acids is 1. The molecule has 1 amide bonds. The summed E-state index contributed by atoms with van der Waals surface area (Å²) in [6.45, 7) is 14.7. The standard InChI is InChI=1S/C28H43NO5Si/c1-11-22(27(31)29(6)19(2)25(30)20-15-13-12-14-16-20)21-17-23(32-7)26(24(18-21)33-8)34-35(9,10)28(3,4)5/h12-19,22,25,30H,11H2,1-10H3/t19-,22-,25+/m0/s1. The van der Waals surface area contributed by atoms with Crippen molar-refractivity contribution < 1.29 is 23.8 Å². The lowest BCUT2D eigenvalue weighted by Gasteiger charge is -2.37. The van der Waals surface area contributed by atoms with E-state index in [1.807, 2.05) is 56.3 Å². The van der Waals surface area contributed by atoms with Gasteiger partial charge < -0.3 is 23.9 Å². The summed E-state index contributed by atoms with van der Waals surface area (Å²) in [6.07, 6.45) is -0.196. The normalized spacial score (nSPS) is 14.6. The molecule has 0 aliphatic heterocycles. The van der Waals surface area contributed by atoms with Crippen LogP contribution in [0.25, 0.3) is 0 Å². The minimum absolute atomic E-state index is 0.00204. The van der Waals surface area contributed by atoms with E-state index in [1.165, 1.54) is 0 Å². The molecule has 3 atom stereocenters. The van der Waals surface area contributed by atoms with Crippen LogP contribution in [0.15, 0.2) is 42.5 Å². The lowest BCUT2D eigenvalue weighted by Crippen LogP contribution is -2.44. The molecule has 0 saturated heterocycles. The van der Waals surface area contributed by atoms with Crippen LogP contribution in [0.5, 0.6) is 17.2 Å². The van der Waals surface area contributed by atoms with E-state index in [1.54, 1.807) is 26.2 Å². The van der Waals surface area contributed by atoms with E-state index in [0.717, 1.165) is 11.1 Å². The Morgan fingerprint density at radius 3 is 1.97 bits per heavy atom. The van der Waals surface area contributed by atoms with Gasteiger partial charge in [0.05, 0.1) is 32.3 Å². The van der Waals surface area contributed by atoms with E-state index in [-0.39, 0.29) is 10.9 Å². The van der Waals surface area contributed by atoms with Crippen molar-refractivity contribution in [2.75, 3.05) is 21.3 Å². The van der Waals surface area contributed by atoms with Gasteiger partial charge in [-0.3, -0.25) is 4.79 Å². The summed E-state index contributed by atoms with van der Waals surface area (Å²) < 4.78 is 18.0. The molecule has 0 bridgehead atoms. The molecule has 35 heavy (non-hydrogen) atoms. The van der Waals surface area contributed by atoms with Crippen molar-refractivity contribution in [3.05, 3.63) is 53.6 Å². The predicted octanol–water partition coefficient (Wildman–Crippen LogP) is 6.16. The summed E-state index contributed by atoms with van der Waals surface area (Å²) in [4.78, 5) is 15.2. The average Bonchev–Trinajstić information content (AvgIpc) is 2.83. The van der Waals surface area contributed by atoms with Gasteiger partial charge in [-0.25, -0.2) is 0 Å². The molecule has 2 rings (SSSR count). The van der Waals surface area contributed by atoms with Crippen molar-refractivity contribution in [1.29, 1.82) is 0 Å². The molecule has 2 aromatic carbocycles. The second-order valence-electron chi connectivity index (χ2n) is 10.6. The number of carbonyl (C=O) groups is 1. The molecule has 7 heteroatoms. The van der Waals surface area contributed by atoms with Crippen molar-refractivity contribution in [1.82, 2.24) is 4.90 Å². The number of likely N-dealkylation sites (N-methyl/N-ethyl adjacent to an activating group) is 1. The summed E-state index contributed by atoms with van der Waals surface area (Å²) >= 11 is 0. The lowest BCUT2D eigenvalue weighted by atomic mass is 9.93. The number of aliphatic hydroxyl groups excluding tert-OH is 1. The number of nitrogens with zero attached hydrogens (tertiary/aromatic N) is 1. The largest absolute Gasteiger partial charge is 0.539 e. The zero-order chi connectivity index (χ0) is 26.6. The maximum Gasteiger partial charge on any atom is 0.250 e. The highest BCUT2D eigenvalue weighted by Gasteiger charge is 2.40. The quantitative estimate of drug-likeness (QED) is 0.395. The summed E-state index contributed by atoms with van der Waals surface area (Å²) in [6, 6.07) is 12.8. The fraction of sp³-hybridized carbons (Fsp3) is 0.536. The number of ether oxygens (including phenoxy) is 2. The highest BCUT2D eigenvalue weighted by Crippen LogP contribution is 2.46. The van der Waals surface area contributed by atoms with Gasteiger partial charge in [0.25, 0.3) is 8.32 Å². The third-order valence-electron chi connectivity index (χ3n) is 7.31. The number of hydrogen-bond donors (Lipinski definition) is 1. The Labute approximate surface area is 212 Å². The minimum Gasteiger partial charge on any atom is -0.539 e. The Hall–Kier alpha value is -2.51. The summed E-state index contributed by atoms with van der Waals surface area (Å²) in [5, 5.41) is 10.9. The van der Waals surface area contributed by atoms with Crippen LogP contribution in [0, 0.1) is 0 Å². The van der Waals surface area contributed by atoms with Crippen LogP contribution in [0.1, 0.15) is 64.2 Å². The summed E-state index contributed by atoms with van der Waals surface area (Å²) in [5.41, 5.74) is 1.57. The van der Waals surface area contributed by atoms with Crippen LogP contribution in [0.3, 0.4) is 0 Å². The number of benzene rings is 2. The van der Waals surface area contributed by atoms with Crippen molar-refractivity contribution in [2.24, 2.45) is 0 Å². The van der Waals surface area contributed by atoms with E-state index in [2.05, 4.69) is 33.9 Å². The SMILES string of the molecule is CC[C@H](C(=O)N(C)[C@@H](C)[C@@H](O)c1ccccc1)c1cc(OC)c(O[Si](C)(C)C(C)(C)C)c(OC)c1. The molecule has 0 spiro atoms. The molecule has 1 N–H and O–H groups in total. The number of aliphatic hydroxyl groups is 1. The van der Waals surface area contributed by atoms with Crippen molar-refractivity contribution in [3.8, 4) is 17.2 Å². The number of rotatable bonds is 10. The molecule has 0 fully saturated rings. The van der Waals surface area contributed by atoms with Crippen molar-refractivity contribution >= 4 is 14.2 Å². The van der Waals surface area contributed by atoms with Gasteiger partial charge in [0.15, 0.2) is 17.2 Å². The Balaban J connectivity index is 2.41. The van der Waals surface area contributed by atoms with E-state index < -0.39 is 26.4 Å². The van der Waals surface area contributed by atoms with Crippen LogP contribution in [-0.4, -0.2) is 51.5 Å². The van der Waals surface area contributed by atoms with Crippen LogP contribution in [0.4, 0.5) is 0 Å². The van der Waals surface area contributed by atoms with Crippen LogP contribution < -0.4 is 13.9 Å². The number of amides is 1. The van der Waals surface area contributed by atoms with E-state index in [4.69, 9.17) is 13.9 Å². The van der Waals surface area contributed by atoms with Gasteiger partial charge in [-0.15, -0.1) is 0 Å². The number of hydrogen-bond acceptors (Lipinski definition) is 5. The summed E-state index contributed by atoms with van der Waals surface area (Å²) in [5.74, 6) is 1.19. The maximum atomic E-state index is 13.6. The van der Waals surface area contributed by atoms with E-state index >= 15 is 0 Å². The van der Waals surface area contributed by atoms with Gasteiger partial charge >= 0.3 is 0 Å². The van der Waals surface area contributed by atoms with Gasteiger partial charge in [-0.05, 0) is 54.7 Å². The van der Waals surface area contributed by atoms with Crippen LogP contribution >= 0.6 is 0 Å². The fourth-order valence-corrected chi connectivity index (χ4v) is 4.77. The van der Waals surface area contributed by atoms with Gasteiger partial charge in [0.2, 0.25) is 5.91 Å². The third-order valence-corrected chi connectivity index (χ3v) is 11.6. The monoisotopic (exact) mass is 501 g/mol. The molecule has 0 aromatic heterocycles. The summed E-state index contributed by atoms with van der Waals surface area (Å²) in [7, 11) is 2.79. The molecule has 0 aliphatic rings. The third kappa shape index (κ3) is 6.38. The second-order valence-corrected chi connectivity index (χ2v) is 15.3. The lowest BCUT2D eigenvalue weighted by molar-refractivity contribution is -0.135. The number of methoxy groups -OCH3 is 2. The zero-order valence-corrected chi connectivity index (χ0v) is 24.0. The Bertz CT molecular complexity index is 962. The molecular weight excluding hydrogens is 458 g/mol. The van der Waals surface area contributed by atoms with Crippen molar-refractivity contribution in [3.63, 3.8) is 0 Å². The second kappa shape index (κ2) is 11.5. The van der Waals surface area contributed by atoms with Gasteiger partial charge in [-0.2, -0.15) is 0 Å². The van der Waals surface area contributed by atoms with Crippen LogP contribution in [0.2, 0.25) is 18.1 Å². The topological polar surface area (TPSA) is 68.2 Å². The minimum atomic E-state index is -2.16. The highest BCUT2D eigenvalue weighted by molar-refractivity contribution is 6.74.